The maximum atomic E-state index is 4.83. The zero-order valence-corrected chi connectivity index (χ0v) is 13.0. The molecule has 1 heteroatoms. The molecule has 0 amide bonds. The predicted octanol–water partition coefficient (Wildman–Crippen LogP) is 5.47. The van der Waals surface area contributed by atoms with E-state index in [0.717, 1.165) is 17.6 Å². The van der Waals surface area contributed by atoms with Crippen molar-refractivity contribution in [3.8, 4) is 11.3 Å². The SMILES string of the molecule is CCCc1ccc2nc(-c3cc(C)cc(C)c3)ccc2c1. The van der Waals surface area contributed by atoms with Gasteiger partial charge in [-0.2, -0.15) is 0 Å². The molecule has 0 atom stereocenters. The van der Waals surface area contributed by atoms with E-state index in [-0.39, 0.29) is 0 Å². The third-order valence-electron chi connectivity index (χ3n) is 3.81. The molecule has 1 aromatic heterocycles. The third kappa shape index (κ3) is 2.97. The van der Waals surface area contributed by atoms with Crippen LogP contribution in [0.4, 0.5) is 0 Å². The number of hydrogen-bond donors (Lipinski definition) is 0. The fourth-order valence-electron chi connectivity index (χ4n) is 2.90. The number of benzene rings is 2. The highest BCUT2D eigenvalue weighted by atomic mass is 14.7. The number of aryl methyl sites for hydroxylation is 3. The lowest BCUT2D eigenvalue weighted by atomic mass is 10.0. The van der Waals surface area contributed by atoms with Gasteiger partial charge < -0.3 is 0 Å². The molecule has 1 nitrogen and oxygen atoms in total. The number of rotatable bonds is 3. The lowest BCUT2D eigenvalue weighted by Gasteiger charge is -2.07. The molecule has 3 aromatic rings. The molecule has 21 heavy (non-hydrogen) atoms. The van der Waals surface area contributed by atoms with Gasteiger partial charge in [0.05, 0.1) is 11.2 Å². The molecule has 0 aliphatic heterocycles. The van der Waals surface area contributed by atoms with Crippen molar-refractivity contribution < 1.29 is 0 Å². The number of nitrogens with zero attached hydrogens (tertiary/aromatic N) is 1. The molecule has 0 fully saturated rings. The zero-order chi connectivity index (χ0) is 14.8. The molecule has 0 aliphatic carbocycles. The summed E-state index contributed by atoms with van der Waals surface area (Å²) < 4.78 is 0. The Labute approximate surface area is 126 Å². The van der Waals surface area contributed by atoms with Crippen molar-refractivity contribution >= 4 is 10.9 Å². The van der Waals surface area contributed by atoms with Crippen LogP contribution in [-0.4, -0.2) is 4.98 Å². The van der Waals surface area contributed by atoms with E-state index in [1.165, 1.54) is 34.1 Å². The minimum Gasteiger partial charge on any atom is -0.248 e. The van der Waals surface area contributed by atoms with Crippen LogP contribution in [0.2, 0.25) is 0 Å². The molecule has 106 valence electrons. The van der Waals surface area contributed by atoms with E-state index in [0.29, 0.717) is 0 Å². The van der Waals surface area contributed by atoms with Crippen LogP contribution < -0.4 is 0 Å². The second kappa shape index (κ2) is 5.69. The first-order chi connectivity index (χ1) is 10.2. The highest BCUT2D eigenvalue weighted by Crippen LogP contribution is 2.24. The van der Waals surface area contributed by atoms with E-state index < -0.39 is 0 Å². The Balaban J connectivity index is 2.06. The Morgan fingerprint density at radius 1 is 0.857 bits per heavy atom. The molecule has 0 radical (unpaired) electrons. The van der Waals surface area contributed by atoms with Crippen LogP contribution in [0.15, 0.2) is 48.5 Å². The van der Waals surface area contributed by atoms with E-state index in [1.54, 1.807) is 0 Å². The average molecular weight is 275 g/mol. The van der Waals surface area contributed by atoms with Crippen molar-refractivity contribution in [3.63, 3.8) is 0 Å². The summed E-state index contributed by atoms with van der Waals surface area (Å²) in [5, 5.41) is 1.23. The van der Waals surface area contributed by atoms with Crippen molar-refractivity contribution in [1.82, 2.24) is 4.98 Å². The van der Waals surface area contributed by atoms with Crippen LogP contribution in [0.1, 0.15) is 30.0 Å². The maximum Gasteiger partial charge on any atom is 0.0709 e. The quantitative estimate of drug-likeness (QED) is 0.617. The van der Waals surface area contributed by atoms with Gasteiger partial charge in [-0.25, -0.2) is 4.98 Å². The topological polar surface area (TPSA) is 12.9 Å². The van der Waals surface area contributed by atoms with E-state index in [1.807, 2.05) is 0 Å². The Hall–Kier alpha value is -2.15. The minimum absolute atomic E-state index is 1.05. The summed E-state index contributed by atoms with van der Waals surface area (Å²) in [6.45, 7) is 6.48. The molecule has 2 aromatic carbocycles. The molecule has 0 N–H and O–H groups in total. The summed E-state index contributed by atoms with van der Waals surface area (Å²) in [6, 6.07) is 17.5. The summed E-state index contributed by atoms with van der Waals surface area (Å²) in [6.07, 6.45) is 2.31. The first-order valence-electron chi connectivity index (χ1n) is 7.64. The molecular formula is C20H21N. The Kier molecular flexibility index (Phi) is 3.74. The molecule has 0 bridgehead atoms. The molecule has 0 unspecified atom stereocenters. The van der Waals surface area contributed by atoms with Crippen molar-refractivity contribution in [2.24, 2.45) is 0 Å². The molecule has 3 rings (SSSR count). The van der Waals surface area contributed by atoms with Gasteiger partial charge in [0, 0.05) is 10.9 Å². The van der Waals surface area contributed by atoms with E-state index in [2.05, 4.69) is 69.3 Å². The molecule has 0 aliphatic rings. The van der Waals surface area contributed by atoms with E-state index >= 15 is 0 Å². The van der Waals surface area contributed by atoms with E-state index in [4.69, 9.17) is 4.98 Å². The zero-order valence-electron chi connectivity index (χ0n) is 13.0. The first kappa shape index (κ1) is 13.8. The van der Waals surface area contributed by atoms with Gasteiger partial charge in [0.1, 0.15) is 0 Å². The lowest BCUT2D eigenvalue weighted by molar-refractivity contribution is 0.923. The molecule has 0 saturated carbocycles. The normalized spacial score (nSPS) is 11.0. The van der Waals surface area contributed by atoms with Crippen molar-refractivity contribution in [2.45, 2.75) is 33.6 Å². The number of aromatic nitrogens is 1. The molecule has 0 spiro atoms. The summed E-state index contributed by atoms with van der Waals surface area (Å²) in [4.78, 5) is 4.83. The minimum atomic E-state index is 1.05. The van der Waals surface area contributed by atoms with Crippen molar-refractivity contribution in [1.29, 1.82) is 0 Å². The van der Waals surface area contributed by atoms with Gasteiger partial charge in [0.15, 0.2) is 0 Å². The largest absolute Gasteiger partial charge is 0.248 e. The Morgan fingerprint density at radius 3 is 2.33 bits per heavy atom. The lowest BCUT2D eigenvalue weighted by Crippen LogP contribution is -1.89. The van der Waals surface area contributed by atoms with Gasteiger partial charge in [0.2, 0.25) is 0 Å². The summed E-state index contributed by atoms with van der Waals surface area (Å²) in [7, 11) is 0. The van der Waals surface area contributed by atoms with Crippen LogP contribution in [0.5, 0.6) is 0 Å². The third-order valence-corrected chi connectivity index (χ3v) is 3.81. The number of pyridine rings is 1. The standard InChI is InChI=1S/C20H21N/c1-4-5-16-6-8-19-17(13-16)7-9-20(21-19)18-11-14(2)10-15(3)12-18/h6-13H,4-5H2,1-3H3. The monoisotopic (exact) mass is 275 g/mol. The molecule has 1 heterocycles. The van der Waals surface area contributed by atoms with Gasteiger partial charge in [0.25, 0.3) is 0 Å². The second-order valence-electron chi connectivity index (χ2n) is 5.85. The van der Waals surface area contributed by atoms with Crippen LogP contribution in [0.25, 0.3) is 22.2 Å². The highest BCUT2D eigenvalue weighted by molar-refractivity contribution is 5.82. The Bertz CT molecular complexity index is 767. The summed E-state index contributed by atoms with van der Waals surface area (Å²) >= 11 is 0. The van der Waals surface area contributed by atoms with Crippen LogP contribution >= 0.6 is 0 Å². The summed E-state index contributed by atoms with van der Waals surface area (Å²) in [5.74, 6) is 0. The van der Waals surface area contributed by atoms with Crippen molar-refractivity contribution in [2.75, 3.05) is 0 Å². The molecular weight excluding hydrogens is 254 g/mol. The highest BCUT2D eigenvalue weighted by Gasteiger charge is 2.04. The smallest absolute Gasteiger partial charge is 0.0709 e. The fourth-order valence-corrected chi connectivity index (χ4v) is 2.90. The number of hydrogen-bond acceptors (Lipinski definition) is 1. The maximum absolute atomic E-state index is 4.83. The Morgan fingerprint density at radius 2 is 1.62 bits per heavy atom. The average Bonchev–Trinajstić information content (AvgIpc) is 2.46. The first-order valence-corrected chi connectivity index (χ1v) is 7.64. The van der Waals surface area contributed by atoms with Crippen LogP contribution in [0.3, 0.4) is 0 Å². The van der Waals surface area contributed by atoms with Crippen molar-refractivity contribution in [3.05, 3.63) is 65.2 Å². The fraction of sp³-hybridized carbons (Fsp3) is 0.250. The second-order valence-corrected chi connectivity index (χ2v) is 5.85. The van der Waals surface area contributed by atoms with Crippen LogP contribution in [-0.2, 0) is 6.42 Å². The van der Waals surface area contributed by atoms with Crippen LogP contribution in [0, 0.1) is 13.8 Å². The molecule has 0 saturated heterocycles. The number of fused-ring (bicyclic) bond motifs is 1. The van der Waals surface area contributed by atoms with E-state index in [9.17, 15) is 0 Å². The van der Waals surface area contributed by atoms with Gasteiger partial charge in [-0.3, -0.25) is 0 Å². The van der Waals surface area contributed by atoms with Gasteiger partial charge >= 0.3 is 0 Å². The summed E-state index contributed by atoms with van der Waals surface area (Å²) in [5.41, 5.74) is 7.29. The van der Waals surface area contributed by atoms with Gasteiger partial charge in [-0.1, -0.05) is 42.7 Å². The predicted molar refractivity (Wildman–Crippen MR) is 90.6 cm³/mol. The van der Waals surface area contributed by atoms with Gasteiger partial charge in [-0.15, -0.1) is 0 Å². The van der Waals surface area contributed by atoms with Gasteiger partial charge in [-0.05, 0) is 56.2 Å².